The van der Waals surface area contributed by atoms with Gasteiger partial charge in [-0.2, -0.15) is 5.26 Å². The van der Waals surface area contributed by atoms with Crippen molar-refractivity contribution in [3.8, 4) is 17.6 Å². The minimum atomic E-state index is -1.49. The number of carbonyl (C=O) groups excluding carboxylic acids is 4. The first-order valence-corrected chi connectivity index (χ1v) is 15.5. The average molecular weight is 684 g/mol. The van der Waals surface area contributed by atoms with Gasteiger partial charge >= 0.3 is 24.0 Å². The molecule has 0 aliphatic heterocycles. The fraction of sp³-hybridized carbons (Fsp3) is 0.486. The zero-order valence-corrected chi connectivity index (χ0v) is 29.3. The lowest BCUT2D eigenvalue weighted by Crippen LogP contribution is -2.46. The Morgan fingerprint density at radius 3 is 2.02 bits per heavy atom. The normalized spacial score (nSPS) is 12.2. The van der Waals surface area contributed by atoms with E-state index in [2.05, 4.69) is 10.6 Å². The number of nitrogens with one attached hydrogen (secondary N) is 2. The molecule has 49 heavy (non-hydrogen) atoms. The van der Waals surface area contributed by atoms with Crippen molar-refractivity contribution in [3.05, 3.63) is 52.6 Å². The van der Waals surface area contributed by atoms with Gasteiger partial charge in [0, 0.05) is 11.8 Å². The molecule has 0 saturated carbocycles. The van der Waals surface area contributed by atoms with Crippen molar-refractivity contribution in [1.29, 1.82) is 5.26 Å². The van der Waals surface area contributed by atoms with E-state index in [4.69, 9.17) is 18.9 Å². The average Bonchev–Trinajstić information content (AvgIpc) is 2.92. The summed E-state index contributed by atoms with van der Waals surface area (Å²) in [4.78, 5) is 63.2. The second kappa shape index (κ2) is 16.2. The van der Waals surface area contributed by atoms with Gasteiger partial charge in [-0.25, -0.2) is 14.4 Å². The Morgan fingerprint density at radius 1 is 0.857 bits per heavy atom. The molecule has 2 aromatic carbocycles. The van der Waals surface area contributed by atoms with Gasteiger partial charge in [0.2, 0.25) is 0 Å². The van der Waals surface area contributed by atoms with Gasteiger partial charge in [0.05, 0.1) is 35.8 Å². The van der Waals surface area contributed by atoms with Crippen LogP contribution in [0.5, 0.6) is 11.5 Å². The molecular formula is C35H45N3O11. The Labute approximate surface area is 285 Å². The third kappa shape index (κ3) is 13.7. The summed E-state index contributed by atoms with van der Waals surface area (Å²) in [5, 5.41) is 34.9. The van der Waals surface area contributed by atoms with E-state index in [1.54, 1.807) is 62.3 Å². The molecule has 2 rings (SSSR count). The first kappa shape index (κ1) is 39.9. The van der Waals surface area contributed by atoms with E-state index >= 15 is 0 Å². The van der Waals surface area contributed by atoms with E-state index in [1.807, 2.05) is 6.07 Å². The number of esters is 2. The molecule has 0 bridgehead atoms. The third-order valence-corrected chi connectivity index (χ3v) is 6.05. The monoisotopic (exact) mass is 683 g/mol. The number of aromatic carboxylic acids is 1. The maximum Gasteiger partial charge on any atom is 0.412 e. The number of rotatable bonds is 12. The van der Waals surface area contributed by atoms with Crippen LogP contribution >= 0.6 is 0 Å². The number of carbonyl (C=O) groups is 5. The van der Waals surface area contributed by atoms with Gasteiger partial charge in [-0.05, 0) is 105 Å². The van der Waals surface area contributed by atoms with Crippen molar-refractivity contribution in [1.82, 2.24) is 5.32 Å². The molecular weight excluding hydrogens is 638 g/mol. The standard InChI is InChI=1S/C35H45N3O11/c1-33(2,3)47-27(40)18-25(31(44)48-34(4,5)6)38-29(41)24-15-20(19-36)16-26(39)28(24)46-14-10-11-21-17-22(12-13-23(21)30(42)43)37-32(45)49-35(7,8)9/h12-13,15-17,25,39H,10-11,14,18H2,1-9H3,(H,37,45)(H,38,41)(H,42,43)/t25-/m0/s1. The SMILES string of the molecule is CC(C)(C)OC(=O)C[C@H](NC(=O)c1cc(C#N)cc(O)c1OCCCc1cc(NC(=O)OC(C)(C)C)ccc1C(=O)O)C(=O)OC(C)(C)C. The summed E-state index contributed by atoms with van der Waals surface area (Å²) in [5.74, 6) is -4.67. The van der Waals surface area contributed by atoms with Crippen LogP contribution in [0.3, 0.4) is 0 Å². The lowest BCUT2D eigenvalue weighted by Gasteiger charge is -2.26. The maximum atomic E-state index is 13.5. The summed E-state index contributed by atoms with van der Waals surface area (Å²) in [6, 6.07) is 6.86. The quantitative estimate of drug-likeness (QED) is 0.124. The summed E-state index contributed by atoms with van der Waals surface area (Å²) in [6.07, 6.45) is -0.936. The Kier molecular flexibility index (Phi) is 13.2. The second-order valence-electron chi connectivity index (χ2n) is 14.1. The van der Waals surface area contributed by atoms with Crippen LogP contribution in [0.25, 0.3) is 0 Å². The molecule has 4 N–H and O–H groups in total. The lowest BCUT2D eigenvalue weighted by atomic mass is 10.0. The zero-order chi connectivity index (χ0) is 37.3. The largest absolute Gasteiger partial charge is 0.504 e. The van der Waals surface area contributed by atoms with Crippen molar-refractivity contribution in [2.45, 2.75) is 104 Å². The Balaban J connectivity index is 2.30. The van der Waals surface area contributed by atoms with Crippen LogP contribution in [0.1, 0.15) is 107 Å². The smallest absolute Gasteiger partial charge is 0.412 e. The van der Waals surface area contributed by atoms with E-state index in [-0.39, 0.29) is 41.9 Å². The molecule has 0 aliphatic carbocycles. The highest BCUT2D eigenvalue weighted by atomic mass is 16.6. The number of hydrogen-bond acceptors (Lipinski definition) is 11. The summed E-state index contributed by atoms with van der Waals surface area (Å²) in [7, 11) is 0. The van der Waals surface area contributed by atoms with Gasteiger partial charge < -0.3 is 34.5 Å². The molecule has 2 amide bonds. The topological polar surface area (TPSA) is 211 Å². The van der Waals surface area contributed by atoms with Crippen LogP contribution in [0, 0.1) is 11.3 Å². The van der Waals surface area contributed by atoms with Crippen LogP contribution in [0.4, 0.5) is 10.5 Å². The Morgan fingerprint density at radius 2 is 1.47 bits per heavy atom. The Hall–Kier alpha value is -5.32. The highest BCUT2D eigenvalue weighted by molar-refractivity contribution is 6.01. The number of nitriles is 1. The number of anilines is 1. The molecule has 0 radical (unpaired) electrons. The highest BCUT2D eigenvalue weighted by Gasteiger charge is 2.32. The van der Waals surface area contributed by atoms with Crippen LogP contribution in [0.2, 0.25) is 0 Å². The fourth-order valence-corrected chi connectivity index (χ4v) is 4.30. The first-order chi connectivity index (χ1) is 22.5. The van der Waals surface area contributed by atoms with Crippen molar-refractivity contribution >= 4 is 35.6 Å². The number of hydrogen-bond donors (Lipinski definition) is 4. The Bertz CT molecular complexity index is 1610. The molecule has 0 aromatic heterocycles. The predicted molar refractivity (Wildman–Crippen MR) is 177 cm³/mol. The number of phenolic OH excluding ortho intramolecular Hbond substituents is 1. The van der Waals surface area contributed by atoms with Gasteiger partial charge in [0.1, 0.15) is 22.8 Å². The molecule has 0 spiro atoms. The number of aromatic hydroxyl groups is 1. The molecule has 1 atom stereocenters. The van der Waals surface area contributed by atoms with Gasteiger partial charge in [-0.3, -0.25) is 14.9 Å². The van der Waals surface area contributed by atoms with E-state index < -0.39 is 64.9 Å². The minimum Gasteiger partial charge on any atom is -0.504 e. The fourth-order valence-electron chi connectivity index (χ4n) is 4.30. The van der Waals surface area contributed by atoms with Gasteiger partial charge in [0.25, 0.3) is 5.91 Å². The van der Waals surface area contributed by atoms with Crippen LogP contribution < -0.4 is 15.4 Å². The van der Waals surface area contributed by atoms with Crippen LogP contribution in [-0.4, -0.2) is 69.6 Å². The highest BCUT2D eigenvalue weighted by Crippen LogP contribution is 2.32. The molecule has 0 saturated heterocycles. The van der Waals surface area contributed by atoms with Crippen LogP contribution in [0.15, 0.2) is 30.3 Å². The number of amides is 2. The molecule has 0 unspecified atom stereocenters. The zero-order valence-electron chi connectivity index (χ0n) is 29.3. The maximum absolute atomic E-state index is 13.5. The molecule has 266 valence electrons. The number of nitrogens with zero attached hydrogens (tertiary/aromatic N) is 1. The molecule has 0 aliphatic rings. The van der Waals surface area contributed by atoms with Crippen LogP contribution in [-0.2, 0) is 30.2 Å². The van der Waals surface area contributed by atoms with E-state index in [1.165, 1.54) is 18.2 Å². The number of ether oxygens (including phenoxy) is 4. The van der Waals surface area contributed by atoms with Crippen molar-refractivity contribution < 1.29 is 53.1 Å². The third-order valence-electron chi connectivity index (χ3n) is 6.05. The van der Waals surface area contributed by atoms with E-state index in [9.17, 15) is 39.4 Å². The van der Waals surface area contributed by atoms with Gasteiger partial charge in [-0.1, -0.05) is 0 Å². The number of carboxylic acid groups (broad SMARTS) is 1. The minimum absolute atomic E-state index is 0.00537. The van der Waals surface area contributed by atoms with Gasteiger partial charge in [0.15, 0.2) is 11.5 Å². The van der Waals surface area contributed by atoms with Crippen molar-refractivity contribution in [3.63, 3.8) is 0 Å². The predicted octanol–water partition coefficient (Wildman–Crippen LogP) is 5.49. The van der Waals surface area contributed by atoms with Gasteiger partial charge in [-0.15, -0.1) is 0 Å². The number of phenols is 1. The molecule has 14 heteroatoms. The second-order valence-corrected chi connectivity index (χ2v) is 14.1. The summed E-state index contributed by atoms with van der Waals surface area (Å²) >= 11 is 0. The molecule has 0 heterocycles. The van der Waals surface area contributed by atoms with Crippen molar-refractivity contribution in [2.75, 3.05) is 11.9 Å². The summed E-state index contributed by atoms with van der Waals surface area (Å²) < 4.78 is 21.7. The van der Waals surface area contributed by atoms with E-state index in [0.29, 0.717) is 11.3 Å². The lowest BCUT2D eigenvalue weighted by molar-refractivity contribution is -0.164. The summed E-state index contributed by atoms with van der Waals surface area (Å²) in [6.45, 7) is 14.8. The number of aryl methyl sites for hydroxylation is 1. The molecule has 0 fully saturated rings. The molecule has 14 nitrogen and oxygen atoms in total. The summed E-state index contributed by atoms with van der Waals surface area (Å²) in [5.41, 5.74) is -2.28. The van der Waals surface area contributed by atoms with E-state index in [0.717, 1.165) is 12.1 Å². The number of carboxylic acids is 1. The first-order valence-electron chi connectivity index (χ1n) is 15.5. The molecule has 2 aromatic rings. The number of benzene rings is 2. The van der Waals surface area contributed by atoms with Crippen molar-refractivity contribution in [2.24, 2.45) is 0 Å².